The van der Waals surface area contributed by atoms with Crippen LogP contribution in [0.3, 0.4) is 0 Å². The van der Waals surface area contributed by atoms with Crippen LogP contribution in [0.4, 0.5) is 17.6 Å². The highest BCUT2D eigenvalue weighted by Crippen LogP contribution is 2.08. The smallest absolute Gasteiger partial charge is 0.229 e. The summed E-state index contributed by atoms with van der Waals surface area (Å²) in [5, 5.41) is 0. The molecule has 0 saturated carbocycles. The van der Waals surface area contributed by atoms with E-state index in [4.69, 9.17) is 0 Å². The zero-order valence-corrected chi connectivity index (χ0v) is 11.4. The van der Waals surface area contributed by atoms with Crippen LogP contribution in [0, 0.1) is 0 Å². The van der Waals surface area contributed by atoms with Gasteiger partial charge in [-0.05, 0) is 50.7 Å². The first-order chi connectivity index (χ1) is 8.83. The Hall–Kier alpha value is -0.850. The van der Waals surface area contributed by atoms with E-state index in [9.17, 15) is 26.0 Å². The summed E-state index contributed by atoms with van der Waals surface area (Å²) >= 11 is 0. The normalized spacial score (nSPS) is 11.2. The van der Waals surface area contributed by atoms with Crippen LogP contribution in [-0.4, -0.2) is 19.9 Å². The lowest BCUT2D eigenvalue weighted by Gasteiger charge is -2.03. The molecule has 2 nitrogen and oxygen atoms in total. The van der Waals surface area contributed by atoms with E-state index in [0.717, 1.165) is 12.2 Å². The van der Waals surface area contributed by atoms with Gasteiger partial charge in [-0.1, -0.05) is 0 Å². The van der Waals surface area contributed by atoms with Gasteiger partial charge in [0.1, 0.15) is 9.84 Å². The lowest BCUT2D eigenvalue weighted by Crippen LogP contribution is -2.11. The fourth-order valence-corrected chi connectivity index (χ4v) is 2.95. The third-order valence-corrected chi connectivity index (χ3v) is 4.24. The highest BCUT2D eigenvalue weighted by molar-refractivity contribution is 7.91. The van der Waals surface area contributed by atoms with Crippen LogP contribution in [0.5, 0.6) is 0 Å². The first-order valence-electron chi connectivity index (χ1n) is 6.06. The third kappa shape index (κ3) is 13.4. The summed E-state index contributed by atoms with van der Waals surface area (Å²) in [5.41, 5.74) is 0. The van der Waals surface area contributed by atoms with Gasteiger partial charge in [0.15, 0.2) is 0 Å². The van der Waals surface area contributed by atoms with Crippen LogP contribution >= 0.6 is 0 Å². The molecule has 112 valence electrons. The van der Waals surface area contributed by atoms with Crippen molar-refractivity contribution in [1.29, 1.82) is 0 Å². The topological polar surface area (TPSA) is 34.1 Å². The molecule has 0 N–H and O–H groups in total. The Morgan fingerprint density at radius 1 is 0.737 bits per heavy atom. The summed E-state index contributed by atoms with van der Waals surface area (Å²) in [7, 11) is -3.20. The summed E-state index contributed by atoms with van der Waals surface area (Å²) in [5.74, 6) is -0.0793. The molecule has 0 rings (SSSR count). The van der Waals surface area contributed by atoms with Crippen molar-refractivity contribution in [2.75, 3.05) is 11.5 Å². The molecule has 0 amide bonds. The first-order valence-corrected chi connectivity index (χ1v) is 7.88. The van der Waals surface area contributed by atoms with Crippen LogP contribution in [0.25, 0.3) is 0 Å². The monoisotopic (exact) mass is 302 g/mol. The molecule has 0 saturated heterocycles. The third-order valence-electron chi connectivity index (χ3n) is 2.42. The summed E-state index contributed by atoms with van der Waals surface area (Å²) in [4.78, 5) is 0. The van der Waals surface area contributed by atoms with Crippen LogP contribution in [0.2, 0.25) is 0 Å². The van der Waals surface area contributed by atoms with Crippen LogP contribution in [0.15, 0.2) is 24.3 Å². The molecule has 19 heavy (non-hydrogen) atoms. The molecule has 0 unspecified atom stereocenters. The second-order valence-electron chi connectivity index (χ2n) is 4.13. The first kappa shape index (κ1) is 18.1. The average molecular weight is 302 g/mol. The summed E-state index contributed by atoms with van der Waals surface area (Å²) in [6.07, 6.45) is -0.173. The van der Waals surface area contributed by atoms with E-state index in [0.29, 0.717) is 25.7 Å². The van der Waals surface area contributed by atoms with Gasteiger partial charge in [-0.25, -0.2) is 8.42 Å². The number of rotatable bonds is 10. The predicted octanol–water partition coefficient (Wildman–Crippen LogP) is 4.30. The van der Waals surface area contributed by atoms with Gasteiger partial charge in [-0.3, -0.25) is 0 Å². The van der Waals surface area contributed by atoms with E-state index in [1.807, 2.05) is 0 Å². The number of allylic oxidation sites excluding steroid dienone is 2. The maximum Gasteiger partial charge on any atom is 0.266 e. The molecule has 0 aromatic heterocycles. The van der Waals surface area contributed by atoms with Crippen molar-refractivity contribution in [3.63, 3.8) is 0 Å². The second kappa shape index (κ2) is 10.00. The molecule has 0 bridgehead atoms. The van der Waals surface area contributed by atoms with Gasteiger partial charge < -0.3 is 0 Å². The molecule has 0 aliphatic carbocycles. The van der Waals surface area contributed by atoms with Gasteiger partial charge in [0.05, 0.1) is 11.5 Å². The van der Waals surface area contributed by atoms with E-state index in [2.05, 4.69) is 0 Å². The number of hydrogen-bond donors (Lipinski definition) is 0. The minimum Gasteiger partial charge on any atom is -0.229 e. The maximum atomic E-state index is 11.7. The Morgan fingerprint density at radius 2 is 1.11 bits per heavy atom. The minimum atomic E-state index is -3.20. The molecule has 0 aliphatic heterocycles. The summed E-state index contributed by atoms with van der Waals surface area (Å²) in [6.45, 7) is 0. The Balaban J connectivity index is 3.69. The van der Waals surface area contributed by atoms with Crippen molar-refractivity contribution in [1.82, 2.24) is 0 Å². The molecule has 0 aromatic rings. The molecular formula is C12H18F4O2S. The van der Waals surface area contributed by atoms with E-state index in [1.165, 1.54) is 0 Å². The molecule has 0 aliphatic rings. The van der Waals surface area contributed by atoms with Gasteiger partial charge in [0, 0.05) is 0 Å². The van der Waals surface area contributed by atoms with Crippen molar-refractivity contribution in [2.45, 2.75) is 38.5 Å². The quantitative estimate of drug-likeness (QED) is 0.445. The van der Waals surface area contributed by atoms with Crippen molar-refractivity contribution >= 4 is 9.84 Å². The van der Waals surface area contributed by atoms with Gasteiger partial charge in [0.2, 0.25) is 0 Å². The van der Waals surface area contributed by atoms with Gasteiger partial charge in [-0.15, -0.1) is 0 Å². The number of hydrogen-bond acceptors (Lipinski definition) is 2. The van der Waals surface area contributed by atoms with Crippen molar-refractivity contribution in [2.24, 2.45) is 0 Å². The number of halogens is 4. The number of unbranched alkanes of at least 4 members (excludes halogenated alkanes) is 4. The average Bonchev–Trinajstić information content (AvgIpc) is 2.27. The molecule has 0 atom stereocenters. The lowest BCUT2D eigenvalue weighted by atomic mass is 10.2. The van der Waals surface area contributed by atoms with Crippen molar-refractivity contribution < 1.29 is 26.0 Å². The molecule has 0 heterocycles. The van der Waals surface area contributed by atoms with Crippen molar-refractivity contribution in [3.8, 4) is 0 Å². The fourth-order valence-electron chi connectivity index (χ4n) is 1.46. The molecule has 0 aromatic carbocycles. The lowest BCUT2D eigenvalue weighted by molar-refractivity contribution is 0.416. The Labute approximate surface area is 111 Å². The van der Waals surface area contributed by atoms with Crippen molar-refractivity contribution in [3.05, 3.63) is 24.3 Å². The van der Waals surface area contributed by atoms with Gasteiger partial charge >= 0.3 is 0 Å². The zero-order chi connectivity index (χ0) is 14.7. The molecule has 7 heteroatoms. The van der Waals surface area contributed by atoms with Crippen LogP contribution in [0.1, 0.15) is 38.5 Å². The summed E-state index contributed by atoms with van der Waals surface area (Å²) in [6, 6.07) is 0. The maximum absolute atomic E-state index is 11.7. The standard InChI is InChI=1S/C12H18F4O2S/c13-11(14)7-3-1-5-9-19(17,18)10-6-2-4-8-12(15)16/h7-8H,1-6,9-10H2. The SMILES string of the molecule is O=S(=O)(CCCCC=C(F)F)CCCCC=C(F)F. The zero-order valence-electron chi connectivity index (χ0n) is 10.5. The highest BCUT2D eigenvalue weighted by Gasteiger charge is 2.09. The largest absolute Gasteiger partial charge is 0.266 e. The summed E-state index contributed by atoms with van der Waals surface area (Å²) < 4.78 is 69.7. The molecule has 0 fully saturated rings. The molecule has 0 radical (unpaired) electrons. The van der Waals surface area contributed by atoms with Gasteiger partial charge in [-0.2, -0.15) is 17.6 Å². The van der Waals surface area contributed by atoms with E-state index >= 15 is 0 Å². The number of sulfone groups is 1. The Bertz CT molecular complexity index is 362. The fraction of sp³-hybridized carbons (Fsp3) is 0.667. The Kier molecular flexibility index (Phi) is 9.55. The Morgan fingerprint density at radius 3 is 1.42 bits per heavy atom. The molecular weight excluding hydrogens is 284 g/mol. The van der Waals surface area contributed by atoms with E-state index in [1.54, 1.807) is 0 Å². The second-order valence-corrected chi connectivity index (χ2v) is 6.43. The van der Waals surface area contributed by atoms with Gasteiger partial charge in [0.25, 0.3) is 12.2 Å². The van der Waals surface area contributed by atoms with E-state index < -0.39 is 22.0 Å². The van der Waals surface area contributed by atoms with Crippen LogP contribution in [-0.2, 0) is 9.84 Å². The minimum absolute atomic E-state index is 0.0396. The van der Waals surface area contributed by atoms with Crippen LogP contribution < -0.4 is 0 Å². The molecule has 0 spiro atoms. The predicted molar refractivity (Wildman–Crippen MR) is 67.0 cm³/mol. The van der Waals surface area contributed by atoms with E-state index in [-0.39, 0.29) is 24.3 Å². The highest BCUT2D eigenvalue weighted by atomic mass is 32.2.